The molecule has 0 aliphatic heterocycles. The molecule has 0 aromatic heterocycles. The van der Waals surface area contributed by atoms with Gasteiger partial charge in [-0.1, -0.05) is 38.5 Å². The number of hydrogen-bond acceptors (Lipinski definition) is 7. The van der Waals surface area contributed by atoms with E-state index in [1.165, 1.54) is 16.8 Å². The van der Waals surface area contributed by atoms with Crippen molar-refractivity contribution < 1.29 is 24.1 Å². The molecule has 0 amide bonds. The lowest BCUT2D eigenvalue weighted by molar-refractivity contribution is 0.0373. The molecule has 0 saturated heterocycles. The lowest BCUT2D eigenvalue weighted by atomic mass is 10.0. The molecular weight excluding hydrogens is 456 g/mol. The van der Waals surface area contributed by atoms with Crippen LogP contribution in [0.15, 0.2) is 36.4 Å². The van der Waals surface area contributed by atoms with Gasteiger partial charge in [0, 0.05) is 19.8 Å². The molecule has 2 aromatic rings. The first-order chi connectivity index (χ1) is 17.5. The highest BCUT2D eigenvalue weighted by Gasteiger charge is 2.14. The van der Waals surface area contributed by atoms with Gasteiger partial charge in [-0.2, -0.15) is 0 Å². The van der Waals surface area contributed by atoms with E-state index in [4.69, 9.17) is 24.1 Å². The zero-order valence-electron chi connectivity index (χ0n) is 22.8. The Balaban J connectivity index is 2.02. The zero-order valence-corrected chi connectivity index (χ0v) is 22.8. The van der Waals surface area contributed by atoms with Crippen molar-refractivity contribution in [1.82, 2.24) is 0 Å². The maximum Gasteiger partial charge on any atom is 0.142 e. The van der Waals surface area contributed by atoms with Gasteiger partial charge in [0.15, 0.2) is 0 Å². The van der Waals surface area contributed by atoms with E-state index in [1.807, 2.05) is 6.07 Å². The molecule has 0 spiro atoms. The van der Waals surface area contributed by atoms with Crippen LogP contribution in [0, 0.1) is 6.92 Å². The molecule has 0 saturated carbocycles. The van der Waals surface area contributed by atoms with Gasteiger partial charge >= 0.3 is 0 Å². The molecule has 2 N–H and O–H groups in total. The zero-order chi connectivity index (χ0) is 26.2. The average molecular weight is 503 g/mol. The van der Waals surface area contributed by atoms with Crippen molar-refractivity contribution in [3.8, 4) is 5.75 Å². The Hall–Kier alpha value is -2.32. The third-order valence-corrected chi connectivity index (χ3v) is 5.96. The minimum Gasteiger partial charge on any atom is -0.490 e. The number of likely N-dealkylation sites (N-methyl/N-ethyl adjacent to an activating group) is 1. The molecule has 0 radical (unpaired) electrons. The van der Waals surface area contributed by atoms with Crippen LogP contribution in [-0.4, -0.2) is 78.1 Å². The molecular formula is C29H46N2O5. The summed E-state index contributed by atoms with van der Waals surface area (Å²) in [5.41, 5.74) is 6.07. The highest BCUT2D eigenvalue weighted by molar-refractivity contribution is 5.58. The van der Waals surface area contributed by atoms with E-state index in [-0.39, 0.29) is 12.6 Å². The number of aliphatic hydroxyl groups excluding tert-OH is 1. The number of nitrogens with zero attached hydrogens (tertiary/aromatic N) is 1. The van der Waals surface area contributed by atoms with E-state index >= 15 is 0 Å². The van der Waals surface area contributed by atoms with Crippen molar-refractivity contribution in [1.29, 1.82) is 0 Å². The Kier molecular flexibility index (Phi) is 14.3. The molecule has 0 fully saturated rings. The van der Waals surface area contributed by atoms with E-state index < -0.39 is 0 Å². The summed E-state index contributed by atoms with van der Waals surface area (Å²) in [4.78, 5) is 2.27. The molecule has 2 rings (SSSR count). The standard InChI is InChI=1S/C29H46N2O5/c1-6-8-24-10-12-28(25(7-2)20-24)31(4)13-15-36-29-19-23(3)9-11-27(29)30-26(21-34-16-14-32)22-35-18-17-33-5/h9-12,19-20,26,30,32H,6-8,13-18,21-22H2,1-5H3. The van der Waals surface area contributed by atoms with Crippen LogP contribution in [0.4, 0.5) is 11.4 Å². The second-order valence-corrected chi connectivity index (χ2v) is 9.04. The number of methoxy groups -OCH3 is 1. The van der Waals surface area contributed by atoms with Gasteiger partial charge in [0.2, 0.25) is 0 Å². The molecule has 202 valence electrons. The molecule has 0 heterocycles. The second-order valence-electron chi connectivity index (χ2n) is 9.04. The fourth-order valence-corrected chi connectivity index (χ4v) is 4.03. The Morgan fingerprint density at radius 3 is 2.44 bits per heavy atom. The van der Waals surface area contributed by atoms with Crippen LogP contribution in [0.2, 0.25) is 0 Å². The average Bonchev–Trinajstić information content (AvgIpc) is 2.88. The minimum absolute atomic E-state index is 0.00919. The first-order valence-electron chi connectivity index (χ1n) is 13.1. The molecule has 7 heteroatoms. The van der Waals surface area contributed by atoms with Gasteiger partial charge in [0.1, 0.15) is 12.4 Å². The van der Waals surface area contributed by atoms with Gasteiger partial charge in [0.25, 0.3) is 0 Å². The summed E-state index contributed by atoms with van der Waals surface area (Å²) in [7, 11) is 3.78. The first kappa shape index (κ1) is 29.9. The highest BCUT2D eigenvalue weighted by atomic mass is 16.5. The summed E-state index contributed by atoms with van der Waals surface area (Å²) in [6.07, 6.45) is 3.29. The summed E-state index contributed by atoms with van der Waals surface area (Å²) >= 11 is 0. The summed E-state index contributed by atoms with van der Waals surface area (Å²) in [6, 6.07) is 12.9. The fraction of sp³-hybridized carbons (Fsp3) is 0.586. The summed E-state index contributed by atoms with van der Waals surface area (Å²) in [6.45, 7) is 10.0. The van der Waals surface area contributed by atoms with Crippen LogP contribution in [0.25, 0.3) is 0 Å². The lowest BCUT2D eigenvalue weighted by Crippen LogP contribution is -2.32. The third kappa shape index (κ3) is 10.3. The lowest BCUT2D eigenvalue weighted by Gasteiger charge is -2.25. The van der Waals surface area contributed by atoms with Crippen LogP contribution in [-0.2, 0) is 27.1 Å². The van der Waals surface area contributed by atoms with Crippen LogP contribution in [0.3, 0.4) is 0 Å². The number of aliphatic hydroxyl groups is 1. The van der Waals surface area contributed by atoms with Gasteiger partial charge in [-0.25, -0.2) is 0 Å². The van der Waals surface area contributed by atoms with Crippen LogP contribution < -0.4 is 15.0 Å². The summed E-state index contributed by atoms with van der Waals surface area (Å²) < 4.78 is 22.6. The molecule has 0 aliphatic carbocycles. The number of rotatable bonds is 19. The van der Waals surface area contributed by atoms with Gasteiger partial charge in [-0.15, -0.1) is 0 Å². The van der Waals surface area contributed by atoms with Crippen molar-refractivity contribution in [2.75, 3.05) is 77.2 Å². The number of benzene rings is 2. The van der Waals surface area contributed by atoms with Crippen molar-refractivity contribution in [3.05, 3.63) is 53.1 Å². The predicted molar refractivity (Wildman–Crippen MR) is 148 cm³/mol. The first-order valence-corrected chi connectivity index (χ1v) is 13.1. The Morgan fingerprint density at radius 1 is 0.972 bits per heavy atom. The van der Waals surface area contributed by atoms with Crippen molar-refractivity contribution in [2.45, 2.75) is 46.1 Å². The molecule has 36 heavy (non-hydrogen) atoms. The van der Waals surface area contributed by atoms with Gasteiger partial charge < -0.3 is 34.3 Å². The monoisotopic (exact) mass is 502 g/mol. The van der Waals surface area contributed by atoms with Crippen LogP contribution in [0.1, 0.15) is 37.0 Å². The van der Waals surface area contributed by atoms with Crippen LogP contribution in [0.5, 0.6) is 5.75 Å². The molecule has 2 aromatic carbocycles. The van der Waals surface area contributed by atoms with Crippen molar-refractivity contribution in [3.63, 3.8) is 0 Å². The Bertz CT molecular complexity index is 877. The van der Waals surface area contributed by atoms with E-state index in [9.17, 15) is 0 Å². The molecule has 1 atom stereocenters. The predicted octanol–water partition coefficient (Wildman–Crippen LogP) is 4.48. The topological polar surface area (TPSA) is 72.4 Å². The number of hydrogen-bond donors (Lipinski definition) is 2. The highest BCUT2D eigenvalue weighted by Crippen LogP contribution is 2.27. The smallest absolute Gasteiger partial charge is 0.142 e. The number of anilines is 2. The van der Waals surface area contributed by atoms with E-state index in [1.54, 1.807) is 7.11 Å². The van der Waals surface area contributed by atoms with E-state index in [0.717, 1.165) is 42.8 Å². The molecule has 7 nitrogen and oxygen atoms in total. The van der Waals surface area contributed by atoms with Crippen LogP contribution >= 0.6 is 0 Å². The van der Waals surface area contributed by atoms with E-state index in [2.05, 4.69) is 68.4 Å². The van der Waals surface area contributed by atoms with Crippen molar-refractivity contribution in [2.24, 2.45) is 0 Å². The quantitative estimate of drug-likeness (QED) is 0.275. The largest absolute Gasteiger partial charge is 0.490 e. The SMILES string of the molecule is CCCc1ccc(N(C)CCOc2cc(C)ccc2NC(COCCO)COCCOC)c(CC)c1. The normalized spacial score (nSPS) is 11.9. The molecule has 0 bridgehead atoms. The summed E-state index contributed by atoms with van der Waals surface area (Å²) in [5.74, 6) is 0.807. The van der Waals surface area contributed by atoms with Crippen molar-refractivity contribution >= 4 is 11.4 Å². The Labute approximate surface area is 217 Å². The fourth-order valence-electron chi connectivity index (χ4n) is 4.03. The van der Waals surface area contributed by atoms with Gasteiger partial charge in [0.05, 0.1) is 57.9 Å². The van der Waals surface area contributed by atoms with Gasteiger partial charge in [-0.05, 0) is 54.7 Å². The minimum atomic E-state index is -0.0881. The van der Waals surface area contributed by atoms with E-state index in [0.29, 0.717) is 39.6 Å². The van der Waals surface area contributed by atoms with Gasteiger partial charge in [-0.3, -0.25) is 0 Å². The molecule has 0 aliphatic rings. The Morgan fingerprint density at radius 2 is 1.75 bits per heavy atom. The molecule has 1 unspecified atom stereocenters. The maximum absolute atomic E-state index is 9.07. The number of ether oxygens (including phenoxy) is 4. The second kappa shape index (κ2) is 17.2. The summed E-state index contributed by atoms with van der Waals surface area (Å²) in [5, 5.41) is 12.6. The number of nitrogens with one attached hydrogen (secondary N) is 1. The maximum atomic E-state index is 9.07. The third-order valence-electron chi connectivity index (χ3n) is 5.96. The number of aryl methyl sites for hydroxylation is 3.